The first-order valence-corrected chi connectivity index (χ1v) is 26.3. The summed E-state index contributed by atoms with van der Waals surface area (Å²) in [5.74, 6) is 0.907. The molecule has 254 valence electrons. The molecule has 0 atom stereocenters. The lowest BCUT2D eigenvalue weighted by atomic mass is 10.0. The molecular weight excluding hydrogens is 621 g/mol. The van der Waals surface area contributed by atoms with Crippen molar-refractivity contribution < 1.29 is 10.2 Å². The van der Waals surface area contributed by atoms with E-state index in [1.54, 1.807) is 11.3 Å². The van der Waals surface area contributed by atoms with Crippen LogP contribution in [0.3, 0.4) is 0 Å². The summed E-state index contributed by atoms with van der Waals surface area (Å²) in [6.45, 7) is 20.9. The summed E-state index contributed by atoms with van der Waals surface area (Å²) in [5.41, 5.74) is 4.27. The number of hydrogen-bond donors (Lipinski definition) is 2. The maximum atomic E-state index is 11.3. The second-order valence-electron chi connectivity index (χ2n) is 13.4. The Morgan fingerprint density at radius 3 is 1.21 bits per heavy atom. The van der Waals surface area contributed by atoms with Gasteiger partial charge < -0.3 is 10.2 Å². The molecule has 0 aromatic heterocycles. The van der Waals surface area contributed by atoms with Crippen LogP contribution in [0.25, 0.3) is 22.3 Å². The summed E-state index contributed by atoms with van der Waals surface area (Å²) in [7, 11) is -4.39. The second-order valence-corrected chi connectivity index (χ2v) is 29.1. The smallest absolute Gasteiger partial charge is 0.123 e. The Morgan fingerprint density at radius 1 is 0.404 bits per heavy atom. The van der Waals surface area contributed by atoms with Gasteiger partial charge in [-0.25, -0.2) is 0 Å². The second kappa shape index (κ2) is 17.5. The van der Waals surface area contributed by atoms with Crippen LogP contribution in [0.4, 0.5) is 0 Å². The highest BCUT2D eigenvalue weighted by atomic mass is 28.3. The Kier molecular flexibility index (Phi) is 14.4. The fraction of sp³-hybridized carbons (Fsp3) is 0.429. The molecule has 4 aromatic carbocycles. The molecule has 4 rings (SSSR count). The lowest BCUT2D eigenvalue weighted by Gasteiger charge is -2.31. The molecule has 0 saturated carbocycles. The number of benzene rings is 4. The van der Waals surface area contributed by atoms with Crippen molar-refractivity contribution in [1.82, 2.24) is 0 Å². The molecule has 0 aliphatic rings. The van der Waals surface area contributed by atoms with Crippen LogP contribution in [-0.2, 0) is 0 Å². The standard InChI is InChI=1S/C24H38OSi2.C18H24OSi/c1-7-26(8-2,9-3)21-16-13-15-20(19-21)22-17-14-18-23(24(22)25)27(10-4,11-5)12-6;1-4-20(5-2,6-3)16-11-9-10-15(14-16)17-12-7-8-13-18(17)19/h13-19,25H,7-12H2,1-6H3;7-14,19H,4-6H2,1-3H3. The zero-order valence-corrected chi connectivity index (χ0v) is 33.9. The Balaban J connectivity index is 0.000000267. The van der Waals surface area contributed by atoms with Gasteiger partial charge in [0.15, 0.2) is 0 Å². The van der Waals surface area contributed by atoms with Gasteiger partial charge in [0.25, 0.3) is 0 Å². The predicted molar refractivity (Wildman–Crippen MR) is 218 cm³/mol. The molecule has 0 amide bonds. The third kappa shape index (κ3) is 8.06. The lowest BCUT2D eigenvalue weighted by Crippen LogP contribution is -2.46. The quantitative estimate of drug-likeness (QED) is 0.130. The summed E-state index contributed by atoms with van der Waals surface area (Å²) in [5, 5.41) is 25.6. The molecule has 2 nitrogen and oxygen atoms in total. The van der Waals surface area contributed by atoms with Gasteiger partial charge in [0.2, 0.25) is 0 Å². The summed E-state index contributed by atoms with van der Waals surface area (Å²) >= 11 is 0. The van der Waals surface area contributed by atoms with Crippen LogP contribution in [0.5, 0.6) is 11.5 Å². The molecule has 2 N–H and O–H groups in total. The van der Waals surface area contributed by atoms with E-state index in [1.165, 1.54) is 70.3 Å². The zero-order chi connectivity index (χ0) is 34.7. The van der Waals surface area contributed by atoms with Crippen LogP contribution in [0, 0.1) is 0 Å². The third-order valence-corrected chi connectivity index (χ3v) is 29.0. The van der Waals surface area contributed by atoms with E-state index in [2.05, 4.69) is 129 Å². The molecule has 47 heavy (non-hydrogen) atoms. The summed E-state index contributed by atoms with van der Waals surface area (Å²) in [6.07, 6.45) is 0. The highest BCUT2D eigenvalue weighted by molar-refractivity contribution is 6.93. The maximum Gasteiger partial charge on any atom is 0.123 e. The van der Waals surface area contributed by atoms with Crippen LogP contribution >= 0.6 is 0 Å². The fourth-order valence-corrected chi connectivity index (χ4v) is 19.0. The van der Waals surface area contributed by atoms with Crippen molar-refractivity contribution in [3.8, 4) is 33.8 Å². The van der Waals surface area contributed by atoms with Crippen molar-refractivity contribution in [3.05, 3.63) is 91.0 Å². The van der Waals surface area contributed by atoms with Crippen LogP contribution in [0.15, 0.2) is 91.0 Å². The molecule has 0 fully saturated rings. The molecule has 0 radical (unpaired) electrons. The number of phenols is 2. The average Bonchev–Trinajstić information content (AvgIpc) is 3.13. The Morgan fingerprint density at radius 2 is 0.787 bits per heavy atom. The highest BCUT2D eigenvalue weighted by Gasteiger charge is 2.33. The summed E-state index contributed by atoms with van der Waals surface area (Å²) < 4.78 is 0. The van der Waals surface area contributed by atoms with Crippen LogP contribution in [-0.4, -0.2) is 34.4 Å². The maximum absolute atomic E-state index is 11.3. The van der Waals surface area contributed by atoms with Crippen LogP contribution in [0.2, 0.25) is 54.4 Å². The molecule has 4 aromatic rings. The Hall–Kier alpha value is -2.87. The van der Waals surface area contributed by atoms with Crippen LogP contribution in [0.1, 0.15) is 62.3 Å². The molecule has 0 spiro atoms. The molecule has 0 saturated heterocycles. The van der Waals surface area contributed by atoms with E-state index in [0.29, 0.717) is 11.5 Å². The molecule has 0 bridgehead atoms. The minimum Gasteiger partial charge on any atom is -0.507 e. The average molecular weight is 683 g/mol. The molecule has 5 heteroatoms. The largest absolute Gasteiger partial charge is 0.507 e. The number of hydrogen-bond acceptors (Lipinski definition) is 2. The van der Waals surface area contributed by atoms with E-state index in [0.717, 1.165) is 16.7 Å². The number of aromatic hydroxyl groups is 2. The SMILES string of the molecule is CC[Si](CC)(CC)c1cccc(-c2cccc([Si](CC)(CC)CC)c2O)c1.CC[Si](CC)(CC)c1cccc(-c2ccccc2O)c1. The third-order valence-electron chi connectivity index (χ3n) is 12.2. The number of phenolic OH excluding ortho intramolecular Hbond substituents is 2. The highest BCUT2D eigenvalue weighted by Crippen LogP contribution is 2.33. The van der Waals surface area contributed by atoms with Gasteiger partial charge in [-0.2, -0.15) is 0 Å². The number of rotatable bonds is 14. The van der Waals surface area contributed by atoms with E-state index >= 15 is 0 Å². The molecule has 0 aliphatic heterocycles. The van der Waals surface area contributed by atoms with E-state index in [1.807, 2.05) is 18.2 Å². The lowest BCUT2D eigenvalue weighted by molar-refractivity contribution is 0.477. The van der Waals surface area contributed by atoms with Gasteiger partial charge in [0.1, 0.15) is 11.5 Å². The van der Waals surface area contributed by atoms with Gasteiger partial charge >= 0.3 is 0 Å². The first-order chi connectivity index (χ1) is 22.6. The van der Waals surface area contributed by atoms with Crippen molar-refractivity contribution in [1.29, 1.82) is 0 Å². The topological polar surface area (TPSA) is 40.5 Å². The normalized spacial score (nSPS) is 12.0. The molecular formula is C42H62O2Si3. The Bertz CT molecular complexity index is 1530. The first-order valence-electron chi connectivity index (χ1n) is 18.5. The van der Waals surface area contributed by atoms with Crippen molar-refractivity contribution in [2.24, 2.45) is 0 Å². The van der Waals surface area contributed by atoms with Crippen molar-refractivity contribution in [2.75, 3.05) is 0 Å². The molecule has 0 unspecified atom stereocenters. The van der Waals surface area contributed by atoms with Crippen LogP contribution < -0.4 is 15.6 Å². The number of para-hydroxylation sites is 2. The van der Waals surface area contributed by atoms with Crippen molar-refractivity contribution in [3.63, 3.8) is 0 Å². The van der Waals surface area contributed by atoms with E-state index in [-0.39, 0.29) is 0 Å². The van der Waals surface area contributed by atoms with Gasteiger partial charge in [-0.05, 0) is 22.4 Å². The Labute approximate surface area is 290 Å². The van der Waals surface area contributed by atoms with Gasteiger partial charge in [-0.1, -0.05) is 212 Å². The van der Waals surface area contributed by atoms with E-state index < -0.39 is 24.2 Å². The van der Waals surface area contributed by atoms with Gasteiger partial charge in [0.05, 0.1) is 24.2 Å². The molecule has 0 heterocycles. The molecule has 0 aliphatic carbocycles. The van der Waals surface area contributed by atoms with E-state index in [9.17, 15) is 10.2 Å². The van der Waals surface area contributed by atoms with Crippen molar-refractivity contribution >= 4 is 39.8 Å². The summed E-state index contributed by atoms with van der Waals surface area (Å²) in [6, 6.07) is 43.2. The van der Waals surface area contributed by atoms with Gasteiger partial charge in [-0.3, -0.25) is 0 Å². The van der Waals surface area contributed by atoms with Gasteiger partial charge in [-0.15, -0.1) is 0 Å². The first kappa shape index (κ1) is 38.6. The van der Waals surface area contributed by atoms with E-state index in [4.69, 9.17) is 0 Å². The fourth-order valence-electron chi connectivity index (χ4n) is 8.00. The van der Waals surface area contributed by atoms with Crippen molar-refractivity contribution in [2.45, 2.75) is 117 Å². The van der Waals surface area contributed by atoms with Gasteiger partial charge in [0, 0.05) is 11.1 Å². The monoisotopic (exact) mass is 682 g/mol. The predicted octanol–water partition coefficient (Wildman–Crippen LogP) is 11.3. The minimum absolute atomic E-state index is 0.362. The summed E-state index contributed by atoms with van der Waals surface area (Å²) in [4.78, 5) is 0. The zero-order valence-electron chi connectivity index (χ0n) is 30.9. The minimum atomic E-state index is -1.61.